The van der Waals surface area contributed by atoms with E-state index in [-0.39, 0.29) is 36.8 Å². The Kier molecular flexibility index (Phi) is 9.66. The molecule has 1 atom stereocenters. The van der Waals surface area contributed by atoms with E-state index in [0.29, 0.717) is 6.42 Å². The molecule has 1 saturated heterocycles. The number of carbonyl (C=O) groups is 1. The Balaban J connectivity index is 0.00000169. The molecule has 142 valence electrons. The van der Waals surface area contributed by atoms with E-state index in [4.69, 9.17) is 5.73 Å². The van der Waals surface area contributed by atoms with E-state index in [1.54, 1.807) is 0 Å². The predicted molar refractivity (Wildman–Crippen MR) is 111 cm³/mol. The van der Waals surface area contributed by atoms with Gasteiger partial charge in [-0.25, -0.2) is 0 Å². The van der Waals surface area contributed by atoms with Gasteiger partial charge in [0.05, 0.1) is 0 Å². The summed E-state index contributed by atoms with van der Waals surface area (Å²) in [6, 6.07) is 20.1. The molecule has 0 saturated carbocycles. The maximum absolute atomic E-state index is 12.5. The summed E-state index contributed by atoms with van der Waals surface area (Å²) in [5, 5.41) is 0. The first kappa shape index (κ1) is 22.5. The first-order chi connectivity index (χ1) is 11.7. The van der Waals surface area contributed by atoms with Gasteiger partial charge < -0.3 is 10.6 Å². The van der Waals surface area contributed by atoms with Gasteiger partial charge in [-0.05, 0) is 11.1 Å². The highest BCUT2D eigenvalue weighted by Crippen LogP contribution is 2.16. The molecule has 0 radical (unpaired) electrons. The van der Waals surface area contributed by atoms with Gasteiger partial charge in [0.2, 0.25) is 5.91 Å². The summed E-state index contributed by atoms with van der Waals surface area (Å²) in [5.41, 5.74) is 8.52. The number of piperazine rings is 1. The summed E-state index contributed by atoms with van der Waals surface area (Å²) < 4.78 is 0. The lowest BCUT2D eigenvalue weighted by molar-refractivity contribution is -0.133. The predicted octanol–water partition coefficient (Wildman–Crippen LogP) is 3.26. The standard InChI is InChI=1S/C20H25N3O.2ClH/c21-19(18-9-5-2-6-10-18)15-20(24)23-13-11-22(12-14-23)16-17-7-3-1-4-8-17;;/h1-10,19H,11-16,21H2;2*1H. The Morgan fingerprint density at radius 1 is 0.885 bits per heavy atom. The van der Waals surface area contributed by atoms with E-state index in [1.165, 1.54) is 5.56 Å². The fourth-order valence-electron chi connectivity index (χ4n) is 3.13. The van der Waals surface area contributed by atoms with Gasteiger partial charge in [0, 0.05) is 45.2 Å². The van der Waals surface area contributed by atoms with Gasteiger partial charge in [-0.1, -0.05) is 60.7 Å². The van der Waals surface area contributed by atoms with Crippen molar-refractivity contribution in [3.8, 4) is 0 Å². The molecule has 6 heteroatoms. The van der Waals surface area contributed by atoms with E-state index in [0.717, 1.165) is 38.3 Å². The average molecular weight is 396 g/mol. The fraction of sp³-hybridized carbons (Fsp3) is 0.350. The van der Waals surface area contributed by atoms with Gasteiger partial charge in [-0.15, -0.1) is 24.8 Å². The van der Waals surface area contributed by atoms with Crippen LogP contribution in [0.25, 0.3) is 0 Å². The molecule has 1 heterocycles. The first-order valence-electron chi connectivity index (χ1n) is 8.57. The van der Waals surface area contributed by atoms with Crippen molar-refractivity contribution >= 4 is 30.7 Å². The maximum atomic E-state index is 12.5. The number of rotatable bonds is 5. The van der Waals surface area contributed by atoms with E-state index in [2.05, 4.69) is 29.2 Å². The number of hydrogen-bond donors (Lipinski definition) is 1. The maximum Gasteiger partial charge on any atom is 0.224 e. The van der Waals surface area contributed by atoms with Crippen LogP contribution in [-0.4, -0.2) is 41.9 Å². The molecule has 2 aromatic carbocycles. The van der Waals surface area contributed by atoms with Crippen molar-refractivity contribution in [1.29, 1.82) is 0 Å². The third-order valence-corrected chi connectivity index (χ3v) is 4.60. The smallest absolute Gasteiger partial charge is 0.224 e. The molecule has 3 rings (SSSR count). The second-order valence-electron chi connectivity index (χ2n) is 6.36. The summed E-state index contributed by atoms with van der Waals surface area (Å²) in [4.78, 5) is 16.8. The van der Waals surface area contributed by atoms with Crippen molar-refractivity contribution < 1.29 is 4.79 Å². The van der Waals surface area contributed by atoms with Crippen molar-refractivity contribution in [3.63, 3.8) is 0 Å². The average Bonchev–Trinajstić information content (AvgIpc) is 2.64. The number of nitrogens with two attached hydrogens (primary N) is 1. The van der Waals surface area contributed by atoms with Crippen molar-refractivity contribution in [2.24, 2.45) is 5.73 Å². The van der Waals surface area contributed by atoms with Crippen LogP contribution in [0.15, 0.2) is 60.7 Å². The molecule has 0 aliphatic carbocycles. The molecule has 0 bridgehead atoms. The SMILES string of the molecule is Cl.Cl.NC(CC(=O)N1CCN(Cc2ccccc2)CC1)c1ccccc1. The van der Waals surface area contributed by atoms with Gasteiger partial charge >= 0.3 is 0 Å². The monoisotopic (exact) mass is 395 g/mol. The van der Waals surface area contributed by atoms with Crippen molar-refractivity contribution in [1.82, 2.24) is 9.80 Å². The lowest BCUT2D eigenvalue weighted by Gasteiger charge is -2.35. The number of hydrogen-bond acceptors (Lipinski definition) is 3. The largest absolute Gasteiger partial charge is 0.340 e. The zero-order valence-corrected chi connectivity index (χ0v) is 16.4. The van der Waals surface area contributed by atoms with Crippen molar-refractivity contribution in [3.05, 3.63) is 71.8 Å². The molecule has 0 aromatic heterocycles. The van der Waals surface area contributed by atoms with Crippen LogP contribution in [0.4, 0.5) is 0 Å². The molecule has 1 fully saturated rings. The van der Waals surface area contributed by atoms with Crippen LogP contribution >= 0.6 is 24.8 Å². The number of nitrogens with zero attached hydrogens (tertiary/aromatic N) is 2. The molecule has 1 aliphatic rings. The molecule has 1 aliphatic heterocycles. The Bertz CT molecular complexity index is 647. The van der Waals surface area contributed by atoms with Gasteiger partial charge in [0.15, 0.2) is 0 Å². The topological polar surface area (TPSA) is 49.6 Å². The molecular formula is C20H27Cl2N3O. The summed E-state index contributed by atoms with van der Waals surface area (Å²) in [7, 11) is 0. The van der Waals surface area contributed by atoms with Crippen LogP contribution < -0.4 is 5.73 Å². The van der Waals surface area contributed by atoms with E-state index in [1.807, 2.05) is 41.3 Å². The number of carbonyl (C=O) groups excluding carboxylic acids is 1. The third kappa shape index (κ3) is 6.29. The second-order valence-corrected chi connectivity index (χ2v) is 6.36. The van der Waals surface area contributed by atoms with Crippen LogP contribution in [-0.2, 0) is 11.3 Å². The van der Waals surface area contributed by atoms with Crippen LogP contribution in [0.3, 0.4) is 0 Å². The van der Waals surface area contributed by atoms with Crippen LogP contribution in [0.2, 0.25) is 0 Å². The van der Waals surface area contributed by atoms with Crippen LogP contribution in [0.5, 0.6) is 0 Å². The Morgan fingerprint density at radius 2 is 1.42 bits per heavy atom. The number of benzene rings is 2. The minimum absolute atomic E-state index is 0. The summed E-state index contributed by atoms with van der Waals surface area (Å²) in [5.74, 6) is 0.158. The summed E-state index contributed by atoms with van der Waals surface area (Å²) in [6.45, 7) is 4.36. The lowest BCUT2D eigenvalue weighted by atomic mass is 10.0. The highest BCUT2D eigenvalue weighted by molar-refractivity contribution is 5.85. The summed E-state index contributed by atoms with van der Waals surface area (Å²) in [6.07, 6.45) is 0.378. The molecule has 1 unspecified atom stereocenters. The minimum atomic E-state index is -0.221. The lowest BCUT2D eigenvalue weighted by Crippen LogP contribution is -2.48. The zero-order chi connectivity index (χ0) is 16.8. The normalized spacial score (nSPS) is 15.5. The Labute approximate surface area is 168 Å². The molecule has 26 heavy (non-hydrogen) atoms. The third-order valence-electron chi connectivity index (χ3n) is 4.60. The Morgan fingerprint density at radius 3 is 2.00 bits per heavy atom. The fourth-order valence-corrected chi connectivity index (χ4v) is 3.13. The molecule has 0 spiro atoms. The van der Waals surface area contributed by atoms with Gasteiger partial charge in [-0.2, -0.15) is 0 Å². The summed E-state index contributed by atoms with van der Waals surface area (Å²) >= 11 is 0. The van der Waals surface area contributed by atoms with E-state index in [9.17, 15) is 4.79 Å². The minimum Gasteiger partial charge on any atom is -0.340 e. The second kappa shape index (κ2) is 11.2. The van der Waals surface area contributed by atoms with E-state index < -0.39 is 0 Å². The van der Waals surface area contributed by atoms with Gasteiger partial charge in [0.25, 0.3) is 0 Å². The van der Waals surface area contributed by atoms with E-state index >= 15 is 0 Å². The first-order valence-corrected chi connectivity index (χ1v) is 8.57. The quantitative estimate of drug-likeness (QED) is 0.844. The highest BCUT2D eigenvalue weighted by atomic mass is 35.5. The molecular weight excluding hydrogens is 369 g/mol. The van der Waals surface area contributed by atoms with Crippen LogP contribution in [0.1, 0.15) is 23.6 Å². The zero-order valence-electron chi connectivity index (χ0n) is 14.8. The Hall–Kier alpha value is -1.59. The van der Waals surface area contributed by atoms with Gasteiger partial charge in [0.1, 0.15) is 0 Å². The number of amides is 1. The van der Waals surface area contributed by atoms with Crippen molar-refractivity contribution in [2.45, 2.75) is 19.0 Å². The van der Waals surface area contributed by atoms with Crippen LogP contribution in [0, 0.1) is 0 Å². The van der Waals surface area contributed by atoms with Crippen molar-refractivity contribution in [2.75, 3.05) is 26.2 Å². The molecule has 4 nitrogen and oxygen atoms in total. The highest BCUT2D eigenvalue weighted by Gasteiger charge is 2.22. The molecule has 2 aromatic rings. The number of halogens is 2. The molecule has 2 N–H and O–H groups in total. The van der Waals surface area contributed by atoms with Gasteiger partial charge in [-0.3, -0.25) is 9.69 Å². The molecule has 1 amide bonds.